The smallest absolute Gasteiger partial charge is 0.200 e. The van der Waals surface area contributed by atoms with Gasteiger partial charge in [0.1, 0.15) is 12.4 Å². The van der Waals surface area contributed by atoms with Crippen molar-refractivity contribution in [3.63, 3.8) is 0 Å². The summed E-state index contributed by atoms with van der Waals surface area (Å²) in [7, 11) is 0. The summed E-state index contributed by atoms with van der Waals surface area (Å²) in [5.41, 5.74) is 0.771. The van der Waals surface area contributed by atoms with E-state index in [0.717, 1.165) is 5.56 Å². The molecule has 0 spiro atoms. The molecule has 0 unspecified atom stereocenters. The standard InChI is InChI=1S/C13H12O4/c14-10-4-1-3-9(7-10)8-17-12-6-2-5-11(15)13(12)16/h1-7,14-16H,8H2. The van der Waals surface area contributed by atoms with Gasteiger partial charge in [0.05, 0.1) is 0 Å². The van der Waals surface area contributed by atoms with E-state index in [1.54, 1.807) is 36.4 Å². The predicted octanol–water partition coefficient (Wildman–Crippen LogP) is 2.38. The summed E-state index contributed by atoms with van der Waals surface area (Å²) in [4.78, 5) is 0. The van der Waals surface area contributed by atoms with Crippen LogP contribution >= 0.6 is 0 Å². The summed E-state index contributed by atoms with van der Waals surface area (Å²) in [6.07, 6.45) is 0. The fourth-order valence-corrected chi connectivity index (χ4v) is 1.43. The maximum atomic E-state index is 9.51. The second kappa shape index (κ2) is 4.65. The van der Waals surface area contributed by atoms with Crippen molar-refractivity contribution < 1.29 is 20.1 Å². The van der Waals surface area contributed by atoms with Gasteiger partial charge in [-0.1, -0.05) is 18.2 Å². The molecule has 3 N–H and O–H groups in total. The average molecular weight is 232 g/mol. The Morgan fingerprint density at radius 2 is 1.71 bits per heavy atom. The van der Waals surface area contributed by atoms with Gasteiger partial charge in [-0.25, -0.2) is 0 Å². The molecule has 0 saturated carbocycles. The summed E-state index contributed by atoms with van der Waals surface area (Å²) in [6.45, 7) is 0.200. The Bertz CT molecular complexity index is 523. The van der Waals surface area contributed by atoms with Crippen LogP contribution in [-0.4, -0.2) is 15.3 Å². The zero-order chi connectivity index (χ0) is 12.3. The molecule has 4 nitrogen and oxygen atoms in total. The fraction of sp³-hybridized carbons (Fsp3) is 0.0769. The number of aromatic hydroxyl groups is 3. The molecule has 0 bridgehead atoms. The van der Waals surface area contributed by atoms with E-state index >= 15 is 0 Å². The molecule has 0 aliphatic carbocycles. The lowest BCUT2D eigenvalue weighted by atomic mass is 10.2. The van der Waals surface area contributed by atoms with Crippen LogP contribution in [0.3, 0.4) is 0 Å². The lowest BCUT2D eigenvalue weighted by molar-refractivity contribution is 0.282. The number of rotatable bonds is 3. The highest BCUT2D eigenvalue weighted by Crippen LogP contribution is 2.34. The van der Waals surface area contributed by atoms with Crippen molar-refractivity contribution in [2.24, 2.45) is 0 Å². The van der Waals surface area contributed by atoms with Crippen LogP contribution in [0.4, 0.5) is 0 Å². The van der Waals surface area contributed by atoms with Gasteiger partial charge in [0.25, 0.3) is 0 Å². The molecule has 0 amide bonds. The summed E-state index contributed by atoms with van der Waals surface area (Å²) < 4.78 is 5.34. The first-order valence-electron chi connectivity index (χ1n) is 5.08. The van der Waals surface area contributed by atoms with Crippen molar-refractivity contribution in [2.45, 2.75) is 6.61 Å². The Labute approximate surface area is 98.3 Å². The molecule has 2 rings (SSSR count). The minimum atomic E-state index is -0.285. The van der Waals surface area contributed by atoms with Crippen molar-refractivity contribution in [1.29, 1.82) is 0 Å². The number of ether oxygens (including phenoxy) is 1. The van der Waals surface area contributed by atoms with Crippen molar-refractivity contribution >= 4 is 0 Å². The van der Waals surface area contributed by atoms with Crippen LogP contribution in [0, 0.1) is 0 Å². The molecule has 0 heterocycles. The predicted molar refractivity (Wildman–Crippen MR) is 62.2 cm³/mol. The van der Waals surface area contributed by atoms with Gasteiger partial charge in [-0.05, 0) is 29.8 Å². The van der Waals surface area contributed by atoms with Crippen LogP contribution in [0.2, 0.25) is 0 Å². The quantitative estimate of drug-likeness (QED) is 0.710. The van der Waals surface area contributed by atoms with Gasteiger partial charge in [0.2, 0.25) is 5.75 Å². The first-order chi connectivity index (χ1) is 8.16. The Hall–Kier alpha value is -2.36. The summed E-state index contributed by atoms with van der Waals surface area (Å²) >= 11 is 0. The lowest BCUT2D eigenvalue weighted by Gasteiger charge is -2.08. The molecule has 0 aromatic heterocycles. The zero-order valence-electron chi connectivity index (χ0n) is 9.00. The average Bonchev–Trinajstić information content (AvgIpc) is 2.31. The minimum absolute atomic E-state index is 0.159. The molecule has 0 fully saturated rings. The van der Waals surface area contributed by atoms with E-state index in [1.807, 2.05) is 0 Å². The van der Waals surface area contributed by atoms with E-state index < -0.39 is 0 Å². The Morgan fingerprint density at radius 1 is 0.941 bits per heavy atom. The third kappa shape index (κ3) is 2.60. The number of hydrogen-bond acceptors (Lipinski definition) is 4. The first kappa shape index (κ1) is 11.1. The normalized spacial score (nSPS) is 10.1. The van der Waals surface area contributed by atoms with Gasteiger partial charge in [0.15, 0.2) is 11.5 Å². The van der Waals surface area contributed by atoms with E-state index in [1.165, 1.54) is 6.07 Å². The molecule has 17 heavy (non-hydrogen) atoms. The highest BCUT2D eigenvalue weighted by Gasteiger charge is 2.06. The van der Waals surface area contributed by atoms with Gasteiger partial charge in [0, 0.05) is 0 Å². The molecule has 0 atom stereocenters. The van der Waals surface area contributed by atoms with Gasteiger partial charge >= 0.3 is 0 Å². The molecule has 0 saturated heterocycles. The molecular formula is C13H12O4. The third-order valence-electron chi connectivity index (χ3n) is 2.28. The summed E-state index contributed by atoms with van der Waals surface area (Å²) in [6, 6.07) is 11.1. The van der Waals surface area contributed by atoms with Crippen molar-refractivity contribution in [3.05, 3.63) is 48.0 Å². The van der Waals surface area contributed by atoms with Crippen LogP contribution < -0.4 is 4.74 Å². The monoisotopic (exact) mass is 232 g/mol. The van der Waals surface area contributed by atoms with Crippen molar-refractivity contribution in [3.8, 4) is 23.0 Å². The molecule has 2 aromatic carbocycles. The van der Waals surface area contributed by atoms with Crippen LogP contribution in [-0.2, 0) is 6.61 Å². The highest BCUT2D eigenvalue weighted by molar-refractivity contribution is 5.48. The summed E-state index contributed by atoms with van der Waals surface area (Å²) in [5, 5.41) is 28.0. The molecule has 0 aliphatic heterocycles. The highest BCUT2D eigenvalue weighted by atomic mass is 16.5. The lowest BCUT2D eigenvalue weighted by Crippen LogP contribution is -1.95. The Balaban J connectivity index is 2.10. The van der Waals surface area contributed by atoms with E-state index in [2.05, 4.69) is 0 Å². The molecule has 0 radical (unpaired) electrons. The van der Waals surface area contributed by atoms with Crippen LogP contribution in [0.5, 0.6) is 23.0 Å². The number of phenols is 3. The maximum absolute atomic E-state index is 9.51. The van der Waals surface area contributed by atoms with Crippen LogP contribution in [0.25, 0.3) is 0 Å². The molecule has 0 aliphatic rings. The van der Waals surface area contributed by atoms with E-state index in [9.17, 15) is 15.3 Å². The van der Waals surface area contributed by atoms with Crippen LogP contribution in [0.1, 0.15) is 5.56 Å². The van der Waals surface area contributed by atoms with E-state index in [0.29, 0.717) is 0 Å². The largest absolute Gasteiger partial charge is 0.508 e. The SMILES string of the molecule is Oc1cccc(COc2cccc(O)c2O)c1. The van der Waals surface area contributed by atoms with E-state index in [-0.39, 0.29) is 29.6 Å². The molecule has 2 aromatic rings. The van der Waals surface area contributed by atoms with Crippen LogP contribution in [0.15, 0.2) is 42.5 Å². The van der Waals surface area contributed by atoms with E-state index in [4.69, 9.17) is 4.74 Å². The fourth-order valence-electron chi connectivity index (χ4n) is 1.43. The van der Waals surface area contributed by atoms with Gasteiger partial charge in [-0.2, -0.15) is 0 Å². The zero-order valence-corrected chi connectivity index (χ0v) is 9.00. The summed E-state index contributed by atoms with van der Waals surface area (Å²) in [5.74, 6) is -0.148. The van der Waals surface area contributed by atoms with Gasteiger partial charge in [-0.15, -0.1) is 0 Å². The number of hydrogen-bond donors (Lipinski definition) is 3. The second-order valence-electron chi connectivity index (χ2n) is 3.58. The number of phenolic OH excluding ortho intramolecular Hbond substituents is 3. The number of benzene rings is 2. The first-order valence-corrected chi connectivity index (χ1v) is 5.08. The molecule has 4 heteroatoms. The Morgan fingerprint density at radius 3 is 2.47 bits per heavy atom. The van der Waals surface area contributed by atoms with Crippen molar-refractivity contribution in [2.75, 3.05) is 0 Å². The second-order valence-corrected chi connectivity index (χ2v) is 3.58. The maximum Gasteiger partial charge on any atom is 0.200 e. The molecular weight excluding hydrogens is 220 g/mol. The van der Waals surface area contributed by atoms with Gasteiger partial charge < -0.3 is 20.1 Å². The van der Waals surface area contributed by atoms with Gasteiger partial charge in [-0.3, -0.25) is 0 Å². The minimum Gasteiger partial charge on any atom is -0.508 e. The van der Waals surface area contributed by atoms with Crippen molar-refractivity contribution in [1.82, 2.24) is 0 Å². The number of para-hydroxylation sites is 1. The molecule has 88 valence electrons. The topological polar surface area (TPSA) is 69.9 Å². The third-order valence-corrected chi connectivity index (χ3v) is 2.28. The Kier molecular flexibility index (Phi) is 3.05.